The molecule has 0 aliphatic rings. The highest BCUT2D eigenvalue weighted by Crippen LogP contribution is 2.16. The molecular formula is C18H17N3O6. The Labute approximate surface area is 154 Å². The lowest BCUT2D eigenvalue weighted by Gasteiger charge is -2.06. The molecule has 2 aromatic carbocycles. The van der Waals surface area contributed by atoms with Gasteiger partial charge in [-0.1, -0.05) is 12.1 Å². The summed E-state index contributed by atoms with van der Waals surface area (Å²) in [4.78, 5) is 34.2. The number of carboxylic acids is 1. The van der Waals surface area contributed by atoms with E-state index in [0.717, 1.165) is 0 Å². The standard InChI is InChI=1S/C18H17N3O6/c1-26-14-8-6-13(7-9-14)20-17(24)18(25)21-19-10-12-4-2-3-5-15(12)27-11-16(22)23/h2-10H,11H2,1H3,(H,20,24)(H,21,25)(H,22,23)/b19-10+. The van der Waals surface area contributed by atoms with E-state index in [-0.39, 0.29) is 5.75 Å². The molecule has 2 amide bonds. The van der Waals surface area contributed by atoms with Crippen molar-refractivity contribution in [3.63, 3.8) is 0 Å². The molecule has 0 atom stereocenters. The number of rotatable bonds is 7. The molecule has 0 fully saturated rings. The number of para-hydroxylation sites is 1. The minimum Gasteiger partial charge on any atom is -0.497 e. The molecule has 0 heterocycles. The van der Waals surface area contributed by atoms with Crippen LogP contribution in [0.25, 0.3) is 0 Å². The zero-order valence-corrected chi connectivity index (χ0v) is 14.3. The molecule has 0 aromatic heterocycles. The summed E-state index contributed by atoms with van der Waals surface area (Å²) < 4.78 is 10.1. The maximum atomic E-state index is 11.8. The van der Waals surface area contributed by atoms with Crippen LogP contribution in [0.15, 0.2) is 53.6 Å². The van der Waals surface area contributed by atoms with Gasteiger partial charge < -0.3 is 19.9 Å². The van der Waals surface area contributed by atoms with E-state index in [1.807, 2.05) is 0 Å². The third-order valence-corrected chi connectivity index (χ3v) is 3.19. The molecule has 0 saturated carbocycles. The van der Waals surface area contributed by atoms with E-state index in [1.54, 1.807) is 48.5 Å². The number of ether oxygens (including phenoxy) is 2. The van der Waals surface area contributed by atoms with Crippen LogP contribution in [-0.2, 0) is 14.4 Å². The van der Waals surface area contributed by atoms with Crippen molar-refractivity contribution in [3.05, 3.63) is 54.1 Å². The zero-order valence-electron chi connectivity index (χ0n) is 14.3. The molecule has 0 bridgehead atoms. The van der Waals surface area contributed by atoms with E-state index < -0.39 is 24.4 Å². The van der Waals surface area contributed by atoms with Gasteiger partial charge in [0.25, 0.3) is 0 Å². The molecule has 140 valence electrons. The normalized spacial score (nSPS) is 10.3. The van der Waals surface area contributed by atoms with Crippen LogP contribution in [0.1, 0.15) is 5.56 Å². The lowest BCUT2D eigenvalue weighted by atomic mass is 10.2. The van der Waals surface area contributed by atoms with Crippen molar-refractivity contribution in [2.75, 3.05) is 19.0 Å². The Hall–Kier alpha value is -3.88. The van der Waals surface area contributed by atoms with Gasteiger partial charge in [-0.15, -0.1) is 0 Å². The molecule has 2 rings (SSSR count). The Morgan fingerprint density at radius 1 is 1.07 bits per heavy atom. The van der Waals surface area contributed by atoms with Crippen LogP contribution < -0.4 is 20.2 Å². The summed E-state index contributed by atoms with van der Waals surface area (Å²) in [5.41, 5.74) is 2.95. The number of amides is 2. The van der Waals surface area contributed by atoms with Crippen LogP contribution in [0.5, 0.6) is 11.5 Å². The Morgan fingerprint density at radius 3 is 2.44 bits per heavy atom. The van der Waals surface area contributed by atoms with E-state index >= 15 is 0 Å². The van der Waals surface area contributed by atoms with E-state index in [9.17, 15) is 14.4 Å². The molecule has 9 nitrogen and oxygen atoms in total. The van der Waals surface area contributed by atoms with Crippen molar-refractivity contribution in [2.45, 2.75) is 0 Å². The number of carbonyl (C=O) groups excluding carboxylic acids is 2. The van der Waals surface area contributed by atoms with Crippen molar-refractivity contribution in [1.29, 1.82) is 0 Å². The molecule has 0 spiro atoms. The number of hydrogen-bond acceptors (Lipinski definition) is 6. The molecule has 0 saturated heterocycles. The number of carbonyl (C=O) groups is 3. The van der Waals surface area contributed by atoms with E-state index in [2.05, 4.69) is 15.8 Å². The van der Waals surface area contributed by atoms with Crippen LogP contribution in [0.2, 0.25) is 0 Å². The number of nitrogens with one attached hydrogen (secondary N) is 2. The van der Waals surface area contributed by atoms with E-state index in [0.29, 0.717) is 17.0 Å². The number of anilines is 1. The average Bonchev–Trinajstić information content (AvgIpc) is 2.67. The van der Waals surface area contributed by atoms with Crippen LogP contribution in [0, 0.1) is 0 Å². The summed E-state index contributed by atoms with van der Waals surface area (Å²) in [6, 6.07) is 13.0. The van der Waals surface area contributed by atoms with Crippen molar-refractivity contribution < 1.29 is 29.0 Å². The van der Waals surface area contributed by atoms with Crippen molar-refractivity contribution in [1.82, 2.24) is 5.43 Å². The Bertz CT molecular complexity index is 848. The first-order chi connectivity index (χ1) is 13.0. The van der Waals surface area contributed by atoms with Gasteiger partial charge >= 0.3 is 17.8 Å². The summed E-state index contributed by atoms with van der Waals surface area (Å²) in [5, 5.41) is 14.8. The highest BCUT2D eigenvalue weighted by molar-refractivity contribution is 6.39. The largest absolute Gasteiger partial charge is 0.497 e. The first-order valence-corrected chi connectivity index (χ1v) is 7.71. The fraction of sp³-hybridized carbons (Fsp3) is 0.111. The molecule has 0 unspecified atom stereocenters. The molecule has 27 heavy (non-hydrogen) atoms. The third-order valence-electron chi connectivity index (χ3n) is 3.19. The van der Waals surface area contributed by atoms with Gasteiger partial charge in [-0.25, -0.2) is 10.2 Å². The smallest absolute Gasteiger partial charge is 0.341 e. The van der Waals surface area contributed by atoms with Gasteiger partial charge in [-0.3, -0.25) is 9.59 Å². The fourth-order valence-electron chi connectivity index (χ4n) is 1.93. The minimum absolute atomic E-state index is 0.278. The van der Waals surface area contributed by atoms with Gasteiger partial charge in [0.15, 0.2) is 6.61 Å². The molecule has 3 N–H and O–H groups in total. The number of methoxy groups -OCH3 is 1. The lowest BCUT2D eigenvalue weighted by molar-refractivity contribution is -0.139. The van der Waals surface area contributed by atoms with Crippen molar-refractivity contribution in [2.24, 2.45) is 5.10 Å². The first kappa shape index (κ1) is 19.4. The Morgan fingerprint density at radius 2 is 1.78 bits per heavy atom. The highest BCUT2D eigenvalue weighted by Gasteiger charge is 2.13. The maximum absolute atomic E-state index is 11.8. The summed E-state index contributed by atoms with van der Waals surface area (Å²) in [6.45, 7) is -0.512. The summed E-state index contributed by atoms with van der Waals surface area (Å²) in [5.74, 6) is -2.09. The molecule has 9 heteroatoms. The first-order valence-electron chi connectivity index (χ1n) is 7.71. The monoisotopic (exact) mass is 371 g/mol. The van der Waals surface area contributed by atoms with Crippen LogP contribution >= 0.6 is 0 Å². The second-order valence-corrected chi connectivity index (χ2v) is 5.10. The maximum Gasteiger partial charge on any atom is 0.341 e. The summed E-state index contributed by atoms with van der Waals surface area (Å²) in [7, 11) is 1.52. The number of aliphatic carboxylic acids is 1. The minimum atomic E-state index is -1.12. The van der Waals surface area contributed by atoms with Gasteiger partial charge in [-0.2, -0.15) is 5.10 Å². The molecular weight excluding hydrogens is 354 g/mol. The predicted octanol–water partition coefficient (Wildman–Crippen LogP) is 1.25. The van der Waals surface area contributed by atoms with E-state index in [4.69, 9.17) is 14.6 Å². The Kier molecular flexibility index (Phi) is 6.89. The topological polar surface area (TPSA) is 126 Å². The quantitative estimate of drug-likeness (QED) is 0.382. The second kappa shape index (κ2) is 9.56. The van der Waals surface area contributed by atoms with Gasteiger partial charge in [0.2, 0.25) is 0 Å². The SMILES string of the molecule is COc1ccc(NC(=O)C(=O)N/N=C/c2ccccc2OCC(=O)O)cc1. The van der Waals surface area contributed by atoms with Gasteiger partial charge in [0.1, 0.15) is 11.5 Å². The fourth-order valence-corrected chi connectivity index (χ4v) is 1.93. The average molecular weight is 371 g/mol. The zero-order chi connectivity index (χ0) is 19.6. The molecule has 0 aliphatic carbocycles. The third kappa shape index (κ3) is 6.16. The summed E-state index contributed by atoms with van der Waals surface area (Å²) in [6.07, 6.45) is 1.25. The van der Waals surface area contributed by atoms with Crippen LogP contribution in [0.3, 0.4) is 0 Å². The van der Waals surface area contributed by atoms with E-state index in [1.165, 1.54) is 13.3 Å². The Balaban J connectivity index is 1.92. The highest BCUT2D eigenvalue weighted by atomic mass is 16.5. The van der Waals surface area contributed by atoms with Crippen molar-refractivity contribution >= 4 is 29.7 Å². The van der Waals surface area contributed by atoms with Gasteiger partial charge in [-0.05, 0) is 36.4 Å². The van der Waals surface area contributed by atoms with Gasteiger partial charge in [0, 0.05) is 11.3 Å². The molecule has 2 aromatic rings. The molecule has 0 aliphatic heterocycles. The predicted molar refractivity (Wildman–Crippen MR) is 96.9 cm³/mol. The van der Waals surface area contributed by atoms with Crippen molar-refractivity contribution in [3.8, 4) is 11.5 Å². The summed E-state index contributed by atoms with van der Waals surface area (Å²) >= 11 is 0. The number of hydrazone groups is 1. The van der Waals surface area contributed by atoms with Crippen LogP contribution in [-0.4, -0.2) is 42.8 Å². The second-order valence-electron chi connectivity index (χ2n) is 5.10. The van der Waals surface area contributed by atoms with Crippen LogP contribution in [0.4, 0.5) is 5.69 Å². The number of carboxylic acid groups (broad SMARTS) is 1. The number of hydrogen-bond donors (Lipinski definition) is 3. The van der Waals surface area contributed by atoms with Gasteiger partial charge in [0.05, 0.1) is 13.3 Å². The molecule has 0 radical (unpaired) electrons. The lowest BCUT2D eigenvalue weighted by Crippen LogP contribution is -2.32. The number of nitrogens with zero attached hydrogens (tertiary/aromatic N) is 1. The number of benzene rings is 2.